The Bertz CT molecular complexity index is 963. The van der Waals surface area contributed by atoms with Crippen LogP contribution in [-0.2, 0) is 20.9 Å². The lowest BCUT2D eigenvalue weighted by Crippen LogP contribution is -2.49. The fourth-order valence-electron chi connectivity index (χ4n) is 4.20. The summed E-state index contributed by atoms with van der Waals surface area (Å²) in [6.45, 7) is 1.68. The molecule has 0 N–H and O–H groups in total. The average molecular weight is 428 g/mol. The van der Waals surface area contributed by atoms with Gasteiger partial charge in [-0.15, -0.1) is 11.3 Å². The molecule has 0 bridgehead atoms. The van der Waals surface area contributed by atoms with E-state index in [0.717, 1.165) is 34.7 Å². The molecule has 2 fully saturated rings. The van der Waals surface area contributed by atoms with Crippen LogP contribution < -0.4 is 0 Å². The maximum Gasteiger partial charge on any atom is 0.327 e. The van der Waals surface area contributed by atoms with Crippen LogP contribution in [-0.4, -0.2) is 51.8 Å². The van der Waals surface area contributed by atoms with Crippen molar-refractivity contribution in [3.8, 4) is 10.6 Å². The quantitative estimate of drug-likeness (QED) is 0.536. The normalized spacial score (nSPS) is 18.3. The van der Waals surface area contributed by atoms with Gasteiger partial charge in [0, 0.05) is 18.0 Å². The van der Waals surface area contributed by atoms with Gasteiger partial charge in [0.15, 0.2) is 0 Å². The van der Waals surface area contributed by atoms with Crippen molar-refractivity contribution in [2.75, 3.05) is 13.6 Å². The van der Waals surface area contributed by atoms with Gasteiger partial charge in [0.2, 0.25) is 0 Å². The molecular weight excluding hydrogens is 402 g/mol. The minimum absolute atomic E-state index is 0.0123. The van der Waals surface area contributed by atoms with Gasteiger partial charge in [0.05, 0.1) is 5.69 Å². The number of benzene rings is 1. The molecule has 2 heterocycles. The number of esters is 1. The van der Waals surface area contributed by atoms with Crippen LogP contribution in [0.15, 0.2) is 29.6 Å². The van der Waals surface area contributed by atoms with Crippen molar-refractivity contribution < 1.29 is 19.1 Å². The lowest BCUT2D eigenvalue weighted by atomic mass is 9.81. The molecule has 1 aromatic heterocycles. The monoisotopic (exact) mass is 427 g/mol. The smallest absolute Gasteiger partial charge is 0.327 e. The number of aromatic nitrogens is 1. The fourth-order valence-corrected chi connectivity index (χ4v) is 5.01. The lowest BCUT2D eigenvalue weighted by Gasteiger charge is -2.35. The van der Waals surface area contributed by atoms with Crippen LogP contribution in [0, 0.1) is 6.92 Å². The van der Waals surface area contributed by atoms with Gasteiger partial charge in [-0.05, 0) is 19.8 Å². The summed E-state index contributed by atoms with van der Waals surface area (Å²) in [5, 5.41) is 2.70. The number of urea groups is 1. The topological polar surface area (TPSA) is 79.8 Å². The first-order valence-electron chi connectivity index (χ1n) is 10.2. The number of imide groups is 1. The third-order valence-corrected chi connectivity index (χ3v) is 6.94. The van der Waals surface area contributed by atoms with Crippen molar-refractivity contribution in [3.63, 3.8) is 0 Å². The van der Waals surface area contributed by atoms with E-state index in [9.17, 15) is 14.4 Å². The summed E-state index contributed by atoms with van der Waals surface area (Å²) in [5.74, 6) is -0.884. The van der Waals surface area contributed by atoms with Crippen molar-refractivity contribution in [1.82, 2.24) is 14.8 Å². The highest BCUT2D eigenvalue weighted by Gasteiger charge is 2.55. The van der Waals surface area contributed by atoms with E-state index in [1.807, 2.05) is 36.6 Å². The SMILES string of the molecule is Cc1ccc(-c2nc(COC(=O)CN3C(=O)N(C)C4(CCCCC4)C3=O)cs2)cc1. The summed E-state index contributed by atoms with van der Waals surface area (Å²) >= 11 is 1.48. The van der Waals surface area contributed by atoms with Gasteiger partial charge in [0.1, 0.15) is 23.7 Å². The zero-order chi connectivity index (χ0) is 21.3. The Morgan fingerprint density at radius 3 is 2.57 bits per heavy atom. The van der Waals surface area contributed by atoms with E-state index >= 15 is 0 Å². The molecule has 1 aromatic carbocycles. The molecule has 1 aliphatic heterocycles. The maximum atomic E-state index is 12.9. The van der Waals surface area contributed by atoms with Gasteiger partial charge in [-0.25, -0.2) is 9.78 Å². The number of ether oxygens (including phenoxy) is 1. The minimum atomic E-state index is -0.784. The molecule has 2 aliphatic rings. The third-order valence-electron chi connectivity index (χ3n) is 6.00. The number of amides is 3. The number of thiazole rings is 1. The molecule has 158 valence electrons. The highest BCUT2D eigenvalue weighted by atomic mass is 32.1. The molecule has 7 nitrogen and oxygen atoms in total. The average Bonchev–Trinajstić information content (AvgIpc) is 3.29. The number of nitrogens with zero attached hydrogens (tertiary/aromatic N) is 3. The molecular formula is C22H25N3O4S. The molecule has 8 heteroatoms. The highest BCUT2D eigenvalue weighted by Crippen LogP contribution is 2.39. The van der Waals surface area contributed by atoms with E-state index in [2.05, 4.69) is 4.98 Å². The number of carbonyl (C=O) groups excluding carboxylic acids is 3. The van der Waals surface area contributed by atoms with Crippen molar-refractivity contribution >= 4 is 29.2 Å². The summed E-state index contributed by atoms with van der Waals surface area (Å²) in [4.78, 5) is 44.9. The number of hydrogen-bond donors (Lipinski definition) is 0. The van der Waals surface area contributed by atoms with Crippen LogP contribution >= 0.6 is 11.3 Å². The summed E-state index contributed by atoms with van der Waals surface area (Å²) in [5.41, 5.74) is 2.05. The number of hydrogen-bond acceptors (Lipinski definition) is 6. The largest absolute Gasteiger partial charge is 0.458 e. The molecule has 1 saturated carbocycles. The fraction of sp³-hybridized carbons (Fsp3) is 0.455. The molecule has 1 aliphatic carbocycles. The number of aryl methyl sites for hydroxylation is 1. The van der Waals surface area contributed by atoms with E-state index in [-0.39, 0.29) is 19.1 Å². The lowest BCUT2D eigenvalue weighted by molar-refractivity contribution is -0.149. The second-order valence-corrected chi connectivity index (χ2v) is 8.85. The second-order valence-electron chi connectivity index (χ2n) is 8.00. The first kappa shape index (κ1) is 20.5. The summed E-state index contributed by atoms with van der Waals surface area (Å²) < 4.78 is 5.31. The van der Waals surface area contributed by atoms with Crippen LogP contribution in [0.5, 0.6) is 0 Å². The van der Waals surface area contributed by atoms with Crippen LogP contribution in [0.2, 0.25) is 0 Å². The molecule has 3 amide bonds. The Kier molecular flexibility index (Phi) is 5.60. The summed E-state index contributed by atoms with van der Waals surface area (Å²) in [7, 11) is 1.65. The van der Waals surface area contributed by atoms with Crippen molar-refractivity contribution in [2.24, 2.45) is 0 Å². The van der Waals surface area contributed by atoms with E-state index in [1.165, 1.54) is 21.8 Å². The summed E-state index contributed by atoms with van der Waals surface area (Å²) in [6, 6.07) is 7.64. The molecule has 1 spiro atoms. The van der Waals surface area contributed by atoms with Gasteiger partial charge < -0.3 is 9.64 Å². The Balaban J connectivity index is 1.36. The van der Waals surface area contributed by atoms with Gasteiger partial charge in [-0.3, -0.25) is 14.5 Å². The van der Waals surface area contributed by atoms with E-state index in [4.69, 9.17) is 4.74 Å². The van der Waals surface area contributed by atoms with E-state index in [0.29, 0.717) is 18.5 Å². The Hall–Kier alpha value is -2.74. The van der Waals surface area contributed by atoms with Crippen LogP contribution in [0.3, 0.4) is 0 Å². The van der Waals surface area contributed by atoms with Gasteiger partial charge in [-0.1, -0.05) is 49.1 Å². The zero-order valence-corrected chi connectivity index (χ0v) is 18.0. The number of carbonyl (C=O) groups is 3. The van der Waals surface area contributed by atoms with Gasteiger partial charge in [-0.2, -0.15) is 0 Å². The van der Waals surface area contributed by atoms with Gasteiger partial charge >= 0.3 is 12.0 Å². The molecule has 30 heavy (non-hydrogen) atoms. The summed E-state index contributed by atoms with van der Waals surface area (Å²) in [6.07, 6.45) is 4.20. The predicted molar refractivity (Wildman–Crippen MR) is 113 cm³/mol. The van der Waals surface area contributed by atoms with Crippen LogP contribution in [0.25, 0.3) is 10.6 Å². The zero-order valence-electron chi connectivity index (χ0n) is 17.2. The van der Waals surface area contributed by atoms with Gasteiger partial charge in [0.25, 0.3) is 5.91 Å². The molecule has 0 radical (unpaired) electrons. The third kappa shape index (κ3) is 3.71. The standard InChI is InChI=1S/C22H25N3O4S/c1-15-6-8-16(9-7-15)19-23-17(14-30-19)13-29-18(26)12-25-20(27)22(24(2)21(25)28)10-4-3-5-11-22/h6-9,14H,3-5,10-13H2,1-2H3. The Morgan fingerprint density at radius 1 is 1.17 bits per heavy atom. The first-order chi connectivity index (χ1) is 14.4. The van der Waals surface area contributed by atoms with E-state index < -0.39 is 17.5 Å². The van der Waals surface area contributed by atoms with Crippen molar-refractivity contribution in [3.05, 3.63) is 40.9 Å². The molecule has 2 aromatic rings. The van der Waals surface area contributed by atoms with Crippen molar-refractivity contribution in [2.45, 2.75) is 51.2 Å². The molecule has 1 saturated heterocycles. The van der Waals surface area contributed by atoms with Crippen molar-refractivity contribution in [1.29, 1.82) is 0 Å². The van der Waals surface area contributed by atoms with E-state index in [1.54, 1.807) is 7.05 Å². The second kappa shape index (κ2) is 8.18. The predicted octanol–water partition coefficient (Wildman–Crippen LogP) is 3.76. The number of rotatable bonds is 5. The molecule has 0 unspecified atom stereocenters. The van der Waals surface area contributed by atoms with Crippen LogP contribution in [0.1, 0.15) is 43.4 Å². The molecule has 4 rings (SSSR count). The molecule has 0 atom stereocenters. The van der Waals surface area contributed by atoms with Crippen LogP contribution in [0.4, 0.5) is 4.79 Å². The minimum Gasteiger partial charge on any atom is -0.458 e. The highest BCUT2D eigenvalue weighted by molar-refractivity contribution is 7.13. The Labute approximate surface area is 179 Å². The maximum absolute atomic E-state index is 12.9. The first-order valence-corrected chi connectivity index (χ1v) is 11.1. The Morgan fingerprint density at radius 2 is 1.87 bits per heavy atom. The number of likely N-dealkylation sites (N-methyl/N-ethyl adjacent to an activating group) is 1.